The molecule has 1 aromatic heterocycles. The molecule has 4 nitrogen and oxygen atoms in total. The molecule has 0 saturated carbocycles. The lowest BCUT2D eigenvalue weighted by atomic mass is 10.2. The number of amides is 1. The largest absolute Gasteiger partial charge is 0.370 e. The second-order valence-corrected chi connectivity index (χ2v) is 4.37. The minimum Gasteiger partial charge on any atom is -0.370 e. The van der Waals surface area contributed by atoms with Gasteiger partial charge in [-0.2, -0.15) is 0 Å². The molecule has 100 valence electrons. The summed E-state index contributed by atoms with van der Waals surface area (Å²) in [7, 11) is 0. The first kappa shape index (κ1) is 14.8. The number of halogens is 1. The third-order valence-corrected chi connectivity index (χ3v) is 2.91. The highest BCUT2D eigenvalue weighted by molar-refractivity contribution is 6.33. The maximum atomic E-state index is 12.3. The van der Waals surface area contributed by atoms with Crippen molar-refractivity contribution >= 4 is 23.3 Å². The first-order valence-corrected chi connectivity index (χ1v) is 6.70. The van der Waals surface area contributed by atoms with Crippen molar-refractivity contribution in [1.82, 2.24) is 9.88 Å². The van der Waals surface area contributed by atoms with Crippen LogP contribution in [0.3, 0.4) is 0 Å². The SMILES string of the molecule is CCCN(CC)C(=O)c1cc(NCC)ncc1Cl. The van der Waals surface area contributed by atoms with Crippen LogP contribution in [0.5, 0.6) is 0 Å². The third-order valence-electron chi connectivity index (χ3n) is 2.61. The lowest BCUT2D eigenvalue weighted by molar-refractivity contribution is 0.0764. The van der Waals surface area contributed by atoms with E-state index in [0.717, 1.165) is 19.5 Å². The van der Waals surface area contributed by atoms with Crippen molar-refractivity contribution in [3.63, 3.8) is 0 Å². The first-order chi connectivity index (χ1) is 8.63. The molecule has 0 unspecified atom stereocenters. The minimum absolute atomic E-state index is 0.0362. The van der Waals surface area contributed by atoms with Gasteiger partial charge in [-0.15, -0.1) is 0 Å². The van der Waals surface area contributed by atoms with E-state index in [2.05, 4.69) is 10.3 Å². The van der Waals surface area contributed by atoms with E-state index in [4.69, 9.17) is 11.6 Å². The van der Waals surface area contributed by atoms with Crippen LogP contribution in [0, 0.1) is 0 Å². The highest BCUT2D eigenvalue weighted by Gasteiger charge is 2.17. The summed E-state index contributed by atoms with van der Waals surface area (Å²) in [5.41, 5.74) is 0.512. The van der Waals surface area contributed by atoms with Crippen LogP contribution in [0.15, 0.2) is 12.3 Å². The summed E-state index contributed by atoms with van der Waals surface area (Å²) < 4.78 is 0. The molecule has 0 radical (unpaired) electrons. The molecule has 0 fully saturated rings. The summed E-state index contributed by atoms with van der Waals surface area (Å²) in [4.78, 5) is 18.2. The predicted octanol–water partition coefficient (Wildman–Crippen LogP) is 3.04. The molecule has 0 aromatic carbocycles. The predicted molar refractivity (Wildman–Crippen MR) is 75.3 cm³/mol. The molecular weight excluding hydrogens is 250 g/mol. The van der Waals surface area contributed by atoms with E-state index in [1.165, 1.54) is 6.20 Å². The number of nitrogens with one attached hydrogen (secondary N) is 1. The van der Waals surface area contributed by atoms with Crippen LogP contribution in [0.25, 0.3) is 0 Å². The van der Waals surface area contributed by atoms with Gasteiger partial charge in [0.1, 0.15) is 5.82 Å². The number of pyridine rings is 1. The monoisotopic (exact) mass is 269 g/mol. The Kier molecular flexibility index (Phi) is 5.92. The Labute approximate surface area is 113 Å². The Balaban J connectivity index is 2.99. The van der Waals surface area contributed by atoms with Gasteiger partial charge in [-0.25, -0.2) is 4.98 Å². The Morgan fingerprint density at radius 1 is 1.44 bits per heavy atom. The smallest absolute Gasteiger partial charge is 0.255 e. The summed E-state index contributed by atoms with van der Waals surface area (Å²) in [6, 6.07) is 1.71. The number of aromatic nitrogens is 1. The second-order valence-electron chi connectivity index (χ2n) is 3.96. The standard InChI is InChI=1S/C13H20ClN3O/c1-4-7-17(6-3)13(18)10-8-12(15-5-2)16-9-11(10)14/h8-9H,4-7H2,1-3H3,(H,15,16). The molecule has 0 saturated heterocycles. The van der Waals surface area contributed by atoms with Crippen LogP contribution in [0.1, 0.15) is 37.6 Å². The highest BCUT2D eigenvalue weighted by atomic mass is 35.5. The van der Waals surface area contributed by atoms with Crippen molar-refractivity contribution in [1.29, 1.82) is 0 Å². The summed E-state index contributed by atoms with van der Waals surface area (Å²) in [6.07, 6.45) is 2.45. The number of carbonyl (C=O) groups excluding carboxylic acids is 1. The van der Waals surface area contributed by atoms with Gasteiger partial charge in [0.25, 0.3) is 5.91 Å². The van der Waals surface area contributed by atoms with Crippen LogP contribution in [-0.4, -0.2) is 35.4 Å². The minimum atomic E-state index is -0.0362. The Hall–Kier alpha value is -1.29. The second kappa shape index (κ2) is 7.21. The lowest BCUT2D eigenvalue weighted by Gasteiger charge is -2.20. The van der Waals surface area contributed by atoms with Crippen molar-refractivity contribution in [2.75, 3.05) is 25.0 Å². The normalized spacial score (nSPS) is 10.2. The lowest BCUT2D eigenvalue weighted by Crippen LogP contribution is -2.31. The third kappa shape index (κ3) is 3.60. The number of hydrogen-bond acceptors (Lipinski definition) is 3. The topological polar surface area (TPSA) is 45.2 Å². The maximum Gasteiger partial charge on any atom is 0.255 e. The van der Waals surface area contributed by atoms with Crippen molar-refractivity contribution in [2.24, 2.45) is 0 Å². The van der Waals surface area contributed by atoms with Gasteiger partial charge in [-0.3, -0.25) is 4.79 Å². The van der Waals surface area contributed by atoms with Crippen LogP contribution >= 0.6 is 11.6 Å². The molecule has 1 aromatic rings. The van der Waals surface area contributed by atoms with Crippen LogP contribution in [-0.2, 0) is 0 Å². The van der Waals surface area contributed by atoms with Crippen LogP contribution in [0.4, 0.5) is 5.82 Å². The summed E-state index contributed by atoms with van der Waals surface area (Å²) in [5, 5.41) is 3.48. The molecular formula is C13H20ClN3O. The van der Waals surface area contributed by atoms with Gasteiger partial charge in [0.2, 0.25) is 0 Å². The van der Waals surface area contributed by atoms with Crippen molar-refractivity contribution < 1.29 is 4.79 Å². The van der Waals surface area contributed by atoms with Crippen molar-refractivity contribution in [2.45, 2.75) is 27.2 Å². The fraction of sp³-hybridized carbons (Fsp3) is 0.538. The summed E-state index contributed by atoms with van der Waals surface area (Å²) >= 11 is 6.05. The number of nitrogens with zero attached hydrogens (tertiary/aromatic N) is 2. The van der Waals surface area contributed by atoms with Crippen molar-refractivity contribution in [3.05, 3.63) is 22.8 Å². The van der Waals surface area contributed by atoms with Gasteiger partial charge in [0, 0.05) is 25.8 Å². The quantitative estimate of drug-likeness (QED) is 0.863. The number of rotatable bonds is 6. The molecule has 0 atom stereocenters. The van der Waals surface area contributed by atoms with Gasteiger partial charge >= 0.3 is 0 Å². The molecule has 0 aliphatic heterocycles. The highest BCUT2D eigenvalue weighted by Crippen LogP contribution is 2.20. The molecule has 18 heavy (non-hydrogen) atoms. The van der Waals surface area contributed by atoms with Gasteiger partial charge in [-0.1, -0.05) is 18.5 Å². The zero-order chi connectivity index (χ0) is 13.5. The van der Waals surface area contributed by atoms with Crippen LogP contribution in [0.2, 0.25) is 5.02 Å². The molecule has 1 amide bonds. The molecule has 0 spiro atoms. The Morgan fingerprint density at radius 2 is 2.17 bits per heavy atom. The molecule has 5 heteroatoms. The van der Waals surface area contributed by atoms with Gasteiger partial charge in [-0.05, 0) is 26.3 Å². The number of carbonyl (C=O) groups is 1. The van der Waals surface area contributed by atoms with Gasteiger partial charge in [0.15, 0.2) is 0 Å². The zero-order valence-electron chi connectivity index (χ0n) is 11.2. The van der Waals surface area contributed by atoms with E-state index < -0.39 is 0 Å². The van der Waals surface area contributed by atoms with Gasteiger partial charge < -0.3 is 10.2 Å². The molecule has 1 rings (SSSR count). The fourth-order valence-corrected chi connectivity index (χ4v) is 1.91. The average Bonchev–Trinajstić information content (AvgIpc) is 2.37. The van der Waals surface area contributed by atoms with Crippen molar-refractivity contribution in [3.8, 4) is 0 Å². The zero-order valence-corrected chi connectivity index (χ0v) is 11.9. The number of hydrogen-bond donors (Lipinski definition) is 1. The van der Waals surface area contributed by atoms with E-state index in [-0.39, 0.29) is 5.91 Å². The number of anilines is 1. The first-order valence-electron chi connectivity index (χ1n) is 6.32. The maximum absolute atomic E-state index is 12.3. The molecule has 1 heterocycles. The van der Waals surface area contributed by atoms with E-state index >= 15 is 0 Å². The molecule has 0 bridgehead atoms. The fourth-order valence-electron chi connectivity index (χ4n) is 1.72. The Bertz CT molecular complexity index is 409. The summed E-state index contributed by atoms with van der Waals surface area (Å²) in [5.74, 6) is 0.642. The molecule has 0 aliphatic carbocycles. The molecule has 1 N–H and O–H groups in total. The van der Waals surface area contributed by atoms with Crippen LogP contribution < -0.4 is 5.32 Å². The van der Waals surface area contributed by atoms with E-state index in [1.54, 1.807) is 11.0 Å². The molecule has 0 aliphatic rings. The average molecular weight is 270 g/mol. The van der Waals surface area contributed by atoms with E-state index in [1.807, 2.05) is 20.8 Å². The van der Waals surface area contributed by atoms with E-state index in [0.29, 0.717) is 22.9 Å². The summed E-state index contributed by atoms with van der Waals surface area (Å²) in [6.45, 7) is 8.18. The Morgan fingerprint density at radius 3 is 2.72 bits per heavy atom. The van der Waals surface area contributed by atoms with E-state index in [9.17, 15) is 4.79 Å². The van der Waals surface area contributed by atoms with Gasteiger partial charge in [0.05, 0.1) is 10.6 Å².